The molecule has 13 heavy (non-hydrogen) atoms. The van der Waals surface area contributed by atoms with Gasteiger partial charge in [-0.3, -0.25) is 0 Å². The van der Waals surface area contributed by atoms with Gasteiger partial charge in [0, 0.05) is 6.42 Å². The third kappa shape index (κ3) is 2.54. The molecule has 1 aromatic rings. The average Bonchev–Trinajstić information content (AvgIpc) is 2.18. The molecule has 0 radical (unpaired) electrons. The highest BCUT2D eigenvalue weighted by Crippen LogP contribution is 2.19. The van der Waals surface area contributed by atoms with E-state index >= 15 is 0 Å². The Kier molecular flexibility index (Phi) is 3.43. The topological polar surface area (TPSA) is 26.3 Å². The fraction of sp³-hybridized carbons (Fsp3) is 0.300. The molecule has 0 bridgehead atoms. The summed E-state index contributed by atoms with van der Waals surface area (Å²) in [6.07, 6.45) is -1.07. The molecule has 0 amide bonds. The number of hydrogen-bond donors (Lipinski definition) is 0. The molecule has 0 aliphatic heterocycles. The predicted molar refractivity (Wildman–Crippen MR) is 47.7 cm³/mol. The number of carbonyl (C=O) groups is 1. The Morgan fingerprint density at radius 1 is 1.54 bits per heavy atom. The highest BCUT2D eigenvalue weighted by molar-refractivity contribution is 5.57. The number of carbonyl (C=O) groups excluding carboxylic acids is 1. The van der Waals surface area contributed by atoms with E-state index in [1.54, 1.807) is 24.3 Å². The smallest absolute Gasteiger partial charge is 0.159 e. The number of halogens is 1. The number of ether oxygens (including phenoxy) is 1. The van der Waals surface area contributed by atoms with Crippen molar-refractivity contribution < 1.29 is 13.9 Å². The molecule has 0 aliphatic rings. The minimum atomic E-state index is -1.45. The van der Waals surface area contributed by atoms with Crippen LogP contribution in [0.2, 0.25) is 0 Å². The second-order valence-electron chi connectivity index (χ2n) is 2.67. The summed E-state index contributed by atoms with van der Waals surface area (Å²) in [5.74, 6) is 0.618. The quantitative estimate of drug-likeness (QED) is 0.663. The summed E-state index contributed by atoms with van der Waals surface area (Å²) in [5, 5.41) is 0. The molecule has 0 spiro atoms. The van der Waals surface area contributed by atoms with Crippen molar-refractivity contribution in [3.05, 3.63) is 29.8 Å². The maximum Gasteiger partial charge on any atom is 0.159 e. The van der Waals surface area contributed by atoms with E-state index in [-0.39, 0.29) is 6.42 Å². The van der Waals surface area contributed by atoms with Crippen LogP contribution in [0.3, 0.4) is 0 Å². The third-order valence-corrected chi connectivity index (χ3v) is 1.76. The number of alkyl halides is 1. The second-order valence-corrected chi connectivity index (χ2v) is 2.67. The molecule has 0 aliphatic carbocycles. The maximum atomic E-state index is 12.7. The van der Waals surface area contributed by atoms with Crippen LogP contribution in [-0.2, 0) is 11.2 Å². The van der Waals surface area contributed by atoms with Crippen LogP contribution in [0, 0.1) is 0 Å². The standard InChI is InChI=1S/C10H11FO2/c1-13-10-5-3-2-4-8(10)6-9(11)7-12/h2-5,7,9H,6H2,1H3. The van der Waals surface area contributed by atoms with Gasteiger partial charge in [0.2, 0.25) is 0 Å². The summed E-state index contributed by atoms with van der Waals surface area (Å²) in [6, 6.07) is 7.08. The first kappa shape index (κ1) is 9.71. The van der Waals surface area contributed by atoms with E-state index in [0.29, 0.717) is 17.6 Å². The van der Waals surface area contributed by atoms with Gasteiger partial charge in [-0.2, -0.15) is 0 Å². The lowest BCUT2D eigenvalue weighted by Gasteiger charge is -2.07. The number of benzene rings is 1. The minimum absolute atomic E-state index is 0.0769. The molecule has 0 N–H and O–H groups in total. The van der Waals surface area contributed by atoms with Crippen molar-refractivity contribution in [1.29, 1.82) is 0 Å². The summed E-state index contributed by atoms with van der Waals surface area (Å²) >= 11 is 0. The van der Waals surface area contributed by atoms with Gasteiger partial charge < -0.3 is 9.53 Å². The molecule has 1 atom stereocenters. The number of hydrogen-bond acceptors (Lipinski definition) is 2. The zero-order chi connectivity index (χ0) is 9.68. The van der Waals surface area contributed by atoms with E-state index in [2.05, 4.69) is 0 Å². The van der Waals surface area contributed by atoms with Crippen LogP contribution in [0.5, 0.6) is 5.75 Å². The van der Waals surface area contributed by atoms with Crippen molar-refractivity contribution in [1.82, 2.24) is 0 Å². The van der Waals surface area contributed by atoms with Crippen LogP contribution in [0.25, 0.3) is 0 Å². The van der Waals surface area contributed by atoms with Crippen LogP contribution in [0.1, 0.15) is 5.56 Å². The van der Waals surface area contributed by atoms with Crippen molar-refractivity contribution in [3.63, 3.8) is 0 Å². The lowest BCUT2D eigenvalue weighted by Crippen LogP contribution is -2.06. The molecule has 0 aromatic heterocycles. The molecule has 70 valence electrons. The monoisotopic (exact) mass is 182 g/mol. The Balaban J connectivity index is 2.80. The minimum Gasteiger partial charge on any atom is -0.496 e. The first-order valence-corrected chi connectivity index (χ1v) is 3.99. The molecule has 1 unspecified atom stereocenters. The lowest BCUT2D eigenvalue weighted by atomic mass is 10.1. The summed E-state index contributed by atoms with van der Waals surface area (Å²) in [5.41, 5.74) is 0.713. The van der Waals surface area contributed by atoms with E-state index in [4.69, 9.17) is 4.74 Å². The molecular formula is C10H11FO2. The van der Waals surface area contributed by atoms with E-state index < -0.39 is 6.17 Å². The third-order valence-electron chi connectivity index (χ3n) is 1.76. The Bertz CT molecular complexity index is 286. The van der Waals surface area contributed by atoms with E-state index in [1.165, 1.54) is 7.11 Å². The summed E-state index contributed by atoms with van der Waals surface area (Å²) in [7, 11) is 1.52. The van der Waals surface area contributed by atoms with Crippen molar-refractivity contribution in [2.24, 2.45) is 0 Å². The van der Waals surface area contributed by atoms with Gasteiger partial charge in [0.25, 0.3) is 0 Å². The molecule has 0 saturated carbocycles. The van der Waals surface area contributed by atoms with E-state index in [0.717, 1.165) is 0 Å². The molecule has 0 fully saturated rings. The van der Waals surface area contributed by atoms with Crippen molar-refractivity contribution >= 4 is 6.29 Å². The SMILES string of the molecule is COc1ccccc1CC(F)C=O. The summed E-state index contributed by atoms with van der Waals surface area (Å²) in [6.45, 7) is 0. The molecule has 1 aromatic carbocycles. The maximum absolute atomic E-state index is 12.7. The number of para-hydroxylation sites is 1. The largest absolute Gasteiger partial charge is 0.496 e. The molecule has 1 rings (SSSR count). The Hall–Kier alpha value is -1.38. The van der Waals surface area contributed by atoms with Crippen LogP contribution in [-0.4, -0.2) is 19.6 Å². The van der Waals surface area contributed by atoms with Gasteiger partial charge in [-0.1, -0.05) is 18.2 Å². The van der Waals surface area contributed by atoms with Gasteiger partial charge in [-0.25, -0.2) is 4.39 Å². The van der Waals surface area contributed by atoms with Crippen LogP contribution < -0.4 is 4.74 Å². The van der Waals surface area contributed by atoms with Gasteiger partial charge in [-0.05, 0) is 11.6 Å². The van der Waals surface area contributed by atoms with Gasteiger partial charge >= 0.3 is 0 Å². The number of aldehydes is 1. The number of methoxy groups -OCH3 is 1. The molecule has 2 nitrogen and oxygen atoms in total. The Morgan fingerprint density at radius 2 is 2.23 bits per heavy atom. The van der Waals surface area contributed by atoms with Crippen molar-refractivity contribution in [3.8, 4) is 5.75 Å². The first-order chi connectivity index (χ1) is 6.27. The fourth-order valence-corrected chi connectivity index (χ4v) is 1.13. The second kappa shape index (κ2) is 4.60. The van der Waals surface area contributed by atoms with Crippen LogP contribution in [0.15, 0.2) is 24.3 Å². The normalized spacial score (nSPS) is 12.2. The highest BCUT2D eigenvalue weighted by Gasteiger charge is 2.09. The Labute approximate surface area is 76.3 Å². The molecule has 3 heteroatoms. The fourth-order valence-electron chi connectivity index (χ4n) is 1.13. The van der Waals surface area contributed by atoms with Crippen molar-refractivity contribution in [2.45, 2.75) is 12.6 Å². The van der Waals surface area contributed by atoms with Crippen molar-refractivity contribution in [2.75, 3.05) is 7.11 Å². The number of rotatable bonds is 4. The van der Waals surface area contributed by atoms with E-state index in [1.807, 2.05) is 0 Å². The molecule has 0 saturated heterocycles. The first-order valence-electron chi connectivity index (χ1n) is 3.99. The van der Waals surface area contributed by atoms with Gasteiger partial charge in [0.05, 0.1) is 7.11 Å². The summed E-state index contributed by atoms with van der Waals surface area (Å²) in [4.78, 5) is 10.1. The Morgan fingerprint density at radius 3 is 2.85 bits per heavy atom. The highest BCUT2D eigenvalue weighted by atomic mass is 19.1. The lowest BCUT2D eigenvalue weighted by molar-refractivity contribution is -0.111. The summed E-state index contributed by atoms with van der Waals surface area (Å²) < 4.78 is 17.7. The van der Waals surface area contributed by atoms with Gasteiger partial charge in [0.15, 0.2) is 12.5 Å². The van der Waals surface area contributed by atoms with Crippen LogP contribution >= 0.6 is 0 Å². The zero-order valence-corrected chi connectivity index (χ0v) is 7.37. The predicted octanol–water partition coefficient (Wildman–Crippen LogP) is 1.77. The van der Waals surface area contributed by atoms with E-state index in [9.17, 15) is 9.18 Å². The van der Waals surface area contributed by atoms with Crippen LogP contribution in [0.4, 0.5) is 4.39 Å². The van der Waals surface area contributed by atoms with Gasteiger partial charge in [0.1, 0.15) is 5.75 Å². The molecular weight excluding hydrogens is 171 g/mol. The van der Waals surface area contributed by atoms with Gasteiger partial charge in [-0.15, -0.1) is 0 Å². The molecule has 0 heterocycles. The zero-order valence-electron chi connectivity index (χ0n) is 7.37. The average molecular weight is 182 g/mol.